The highest BCUT2D eigenvalue weighted by molar-refractivity contribution is 5.87. The van der Waals surface area contributed by atoms with Crippen molar-refractivity contribution in [1.29, 1.82) is 0 Å². The molecule has 8 heteroatoms. The zero-order chi connectivity index (χ0) is 17.3. The Labute approximate surface area is 136 Å². The highest BCUT2D eigenvalue weighted by Gasteiger charge is 2.45. The highest BCUT2D eigenvalue weighted by Crippen LogP contribution is 2.49. The van der Waals surface area contributed by atoms with Gasteiger partial charge in [0, 0.05) is 12.3 Å². The van der Waals surface area contributed by atoms with E-state index in [1.54, 1.807) is 12.1 Å². The highest BCUT2D eigenvalue weighted by atomic mass is 19.3. The number of alkyl halides is 2. The van der Waals surface area contributed by atoms with Gasteiger partial charge in [-0.2, -0.15) is 0 Å². The number of carbonyl (C=O) groups is 2. The normalized spacial score (nSPS) is 22.8. The van der Waals surface area contributed by atoms with E-state index in [-0.39, 0.29) is 5.92 Å². The maximum atomic E-state index is 12.4. The van der Waals surface area contributed by atoms with Crippen LogP contribution in [0.25, 0.3) is 0 Å². The van der Waals surface area contributed by atoms with Crippen molar-refractivity contribution in [3.8, 4) is 11.5 Å². The van der Waals surface area contributed by atoms with E-state index in [4.69, 9.17) is 14.6 Å². The minimum atomic E-state index is -2.79. The van der Waals surface area contributed by atoms with Crippen molar-refractivity contribution in [2.45, 2.75) is 31.2 Å². The van der Waals surface area contributed by atoms with E-state index in [0.29, 0.717) is 31.1 Å². The predicted octanol–water partition coefficient (Wildman–Crippen LogP) is 1.79. The van der Waals surface area contributed by atoms with Crippen molar-refractivity contribution in [2.75, 3.05) is 13.2 Å². The summed E-state index contributed by atoms with van der Waals surface area (Å²) in [6, 6.07) is 3.84. The van der Waals surface area contributed by atoms with Crippen molar-refractivity contribution in [3.05, 3.63) is 23.8 Å². The number of hydrogen-bond donors (Lipinski definition) is 2. The lowest BCUT2D eigenvalue weighted by atomic mass is 10.1. The topological polar surface area (TPSA) is 84.9 Å². The molecule has 1 heterocycles. The number of ether oxygens (including phenoxy) is 2. The molecule has 1 aliphatic carbocycles. The summed E-state index contributed by atoms with van der Waals surface area (Å²) < 4.78 is 35.7. The summed E-state index contributed by atoms with van der Waals surface area (Å²) in [4.78, 5) is 23.0. The number of carboxylic acids is 1. The number of amides is 1. The van der Waals surface area contributed by atoms with Crippen LogP contribution < -0.4 is 14.8 Å². The second-order valence-corrected chi connectivity index (χ2v) is 5.88. The van der Waals surface area contributed by atoms with Gasteiger partial charge in [0.05, 0.1) is 0 Å². The third-order valence-corrected chi connectivity index (χ3v) is 4.15. The third kappa shape index (κ3) is 3.58. The van der Waals surface area contributed by atoms with Gasteiger partial charge in [0.1, 0.15) is 19.3 Å². The van der Waals surface area contributed by atoms with Gasteiger partial charge in [0.2, 0.25) is 12.3 Å². The molecule has 1 aromatic rings. The molecule has 3 atom stereocenters. The number of carboxylic acid groups (broad SMARTS) is 1. The van der Waals surface area contributed by atoms with Crippen LogP contribution in [0.2, 0.25) is 0 Å². The maximum Gasteiger partial charge on any atom is 0.326 e. The van der Waals surface area contributed by atoms with Crippen molar-refractivity contribution in [2.24, 2.45) is 5.92 Å². The molecule has 0 bridgehead atoms. The SMILES string of the molecule is O=C(O)C(CC(F)F)NC(=O)C1CC1c1ccc2c(c1)OCCO2. The van der Waals surface area contributed by atoms with Crippen molar-refractivity contribution in [1.82, 2.24) is 5.32 Å². The molecule has 1 fully saturated rings. The maximum absolute atomic E-state index is 12.4. The number of hydrogen-bond acceptors (Lipinski definition) is 4. The summed E-state index contributed by atoms with van der Waals surface area (Å²) in [5.41, 5.74) is 0.889. The molecule has 0 radical (unpaired) electrons. The average molecular weight is 341 g/mol. The largest absolute Gasteiger partial charge is 0.486 e. The van der Waals surface area contributed by atoms with E-state index >= 15 is 0 Å². The molecule has 0 aromatic heterocycles. The Bertz CT molecular complexity index is 651. The van der Waals surface area contributed by atoms with Crippen LogP contribution in [0.3, 0.4) is 0 Å². The van der Waals surface area contributed by atoms with Gasteiger partial charge in [-0.3, -0.25) is 4.79 Å². The molecule has 2 N–H and O–H groups in total. The molecular formula is C16H17F2NO5. The van der Waals surface area contributed by atoms with Crippen molar-refractivity contribution < 1.29 is 33.0 Å². The van der Waals surface area contributed by atoms with Gasteiger partial charge in [0.25, 0.3) is 0 Å². The Morgan fingerprint density at radius 2 is 1.96 bits per heavy atom. The first kappa shape index (κ1) is 16.5. The predicted molar refractivity (Wildman–Crippen MR) is 78.5 cm³/mol. The Balaban J connectivity index is 1.62. The monoisotopic (exact) mass is 341 g/mol. The molecular weight excluding hydrogens is 324 g/mol. The van der Waals surface area contributed by atoms with Crippen LogP contribution in [0.15, 0.2) is 18.2 Å². The second kappa shape index (κ2) is 6.62. The number of aliphatic carboxylic acids is 1. The van der Waals surface area contributed by atoms with Crippen molar-refractivity contribution >= 4 is 11.9 Å². The van der Waals surface area contributed by atoms with Crippen molar-refractivity contribution in [3.63, 3.8) is 0 Å². The van der Waals surface area contributed by atoms with Gasteiger partial charge in [-0.15, -0.1) is 0 Å². The van der Waals surface area contributed by atoms with E-state index in [2.05, 4.69) is 5.32 Å². The van der Waals surface area contributed by atoms with Crippen LogP contribution in [-0.2, 0) is 9.59 Å². The fraction of sp³-hybridized carbons (Fsp3) is 0.500. The Hall–Kier alpha value is -2.38. The van der Waals surface area contributed by atoms with E-state index < -0.39 is 36.7 Å². The molecule has 24 heavy (non-hydrogen) atoms. The van der Waals surface area contributed by atoms with Crippen LogP contribution in [0.1, 0.15) is 24.3 Å². The molecule has 1 saturated carbocycles. The zero-order valence-electron chi connectivity index (χ0n) is 12.7. The number of carbonyl (C=O) groups excluding carboxylic acids is 1. The average Bonchev–Trinajstić information content (AvgIpc) is 3.34. The van der Waals surface area contributed by atoms with Gasteiger partial charge in [-0.05, 0) is 30.0 Å². The summed E-state index contributed by atoms with van der Waals surface area (Å²) >= 11 is 0. The number of rotatable bonds is 6. The molecule has 2 aliphatic rings. The van der Waals surface area contributed by atoms with Crippen LogP contribution in [0.5, 0.6) is 11.5 Å². The number of nitrogens with one attached hydrogen (secondary N) is 1. The van der Waals surface area contributed by atoms with E-state index in [1.807, 2.05) is 6.07 Å². The first-order valence-corrected chi connectivity index (χ1v) is 7.66. The molecule has 0 spiro atoms. The van der Waals surface area contributed by atoms with E-state index in [1.165, 1.54) is 0 Å². The second-order valence-electron chi connectivity index (χ2n) is 5.88. The van der Waals surface area contributed by atoms with E-state index in [9.17, 15) is 18.4 Å². The number of fused-ring (bicyclic) bond motifs is 1. The molecule has 3 unspecified atom stereocenters. The van der Waals surface area contributed by atoms with Gasteiger partial charge in [-0.25, -0.2) is 13.6 Å². The Kier molecular flexibility index (Phi) is 4.55. The minimum absolute atomic E-state index is 0.0678. The first-order valence-electron chi connectivity index (χ1n) is 7.66. The van der Waals surface area contributed by atoms with Gasteiger partial charge >= 0.3 is 5.97 Å². The first-order chi connectivity index (χ1) is 11.5. The summed E-state index contributed by atoms with van der Waals surface area (Å²) in [6.07, 6.45) is -3.14. The summed E-state index contributed by atoms with van der Waals surface area (Å²) in [6.45, 7) is 0.945. The molecule has 1 aliphatic heterocycles. The smallest absolute Gasteiger partial charge is 0.326 e. The zero-order valence-corrected chi connectivity index (χ0v) is 12.7. The van der Waals surface area contributed by atoms with Crippen LogP contribution in [0.4, 0.5) is 8.78 Å². The summed E-state index contributed by atoms with van der Waals surface area (Å²) in [5.74, 6) is -1.18. The van der Waals surface area contributed by atoms with Gasteiger partial charge in [0.15, 0.2) is 11.5 Å². The Morgan fingerprint density at radius 1 is 1.25 bits per heavy atom. The van der Waals surface area contributed by atoms with E-state index in [0.717, 1.165) is 5.56 Å². The molecule has 130 valence electrons. The van der Waals surface area contributed by atoms with Crippen LogP contribution in [0, 0.1) is 5.92 Å². The van der Waals surface area contributed by atoms with Crippen LogP contribution >= 0.6 is 0 Å². The standard InChI is InChI=1S/C16H17F2NO5/c17-14(18)7-11(16(21)22)19-15(20)10-6-9(10)8-1-2-12-13(5-8)24-4-3-23-12/h1-2,5,9-11,14H,3-4,6-7H2,(H,19,20)(H,21,22). The lowest BCUT2D eigenvalue weighted by molar-refractivity contribution is -0.143. The fourth-order valence-electron chi connectivity index (χ4n) is 2.82. The summed E-state index contributed by atoms with van der Waals surface area (Å²) in [5, 5.41) is 11.1. The molecule has 1 aromatic carbocycles. The third-order valence-electron chi connectivity index (χ3n) is 4.15. The summed E-state index contributed by atoms with van der Waals surface area (Å²) in [7, 11) is 0. The number of halogens is 2. The van der Waals surface area contributed by atoms with Gasteiger partial charge < -0.3 is 19.9 Å². The molecule has 0 saturated heterocycles. The lowest BCUT2D eigenvalue weighted by Crippen LogP contribution is -2.42. The van der Waals surface area contributed by atoms with Crippen LogP contribution in [-0.4, -0.2) is 42.7 Å². The van der Waals surface area contributed by atoms with Gasteiger partial charge in [-0.1, -0.05) is 6.07 Å². The molecule has 3 rings (SSSR count). The Morgan fingerprint density at radius 3 is 2.62 bits per heavy atom. The quantitative estimate of drug-likeness (QED) is 0.824. The molecule has 1 amide bonds. The minimum Gasteiger partial charge on any atom is -0.486 e. The lowest BCUT2D eigenvalue weighted by Gasteiger charge is -2.19. The fourth-order valence-corrected chi connectivity index (χ4v) is 2.82. The number of benzene rings is 1. The molecule has 6 nitrogen and oxygen atoms in total.